The molecular formula is C20H25N3. The minimum Gasteiger partial charge on any atom is -0.360 e. The van der Waals surface area contributed by atoms with Crippen LogP contribution in [-0.4, -0.2) is 15.0 Å². The van der Waals surface area contributed by atoms with Crippen LogP contribution in [0, 0.1) is 12.8 Å². The van der Waals surface area contributed by atoms with Crippen molar-refractivity contribution in [3.05, 3.63) is 48.5 Å². The SMILES string of the molecule is CC1CCCCC1.Cc1nccc(-c2c[nH]c3ccccc23)n1. The Morgan fingerprint density at radius 3 is 2.52 bits per heavy atom. The number of benzene rings is 1. The molecule has 120 valence electrons. The van der Waals surface area contributed by atoms with Gasteiger partial charge in [0.05, 0.1) is 5.69 Å². The molecule has 3 aromatic rings. The molecule has 0 saturated heterocycles. The van der Waals surface area contributed by atoms with Crippen LogP contribution in [0.2, 0.25) is 0 Å². The first-order valence-corrected chi connectivity index (χ1v) is 8.60. The second kappa shape index (κ2) is 7.40. The van der Waals surface area contributed by atoms with Gasteiger partial charge in [-0.15, -0.1) is 0 Å². The maximum atomic E-state index is 4.43. The lowest BCUT2D eigenvalue weighted by Gasteiger charge is -2.15. The van der Waals surface area contributed by atoms with E-state index in [-0.39, 0.29) is 0 Å². The number of aryl methyl sites for hydroxylation is 1. The second-order valence-electron chi connectivity index (χ2n) is 6.48. The molecule has 1 aromatic carbocycles. The molecule has 1 N–H and O–H groups in total. The van der Waals surface area contributed by atoms with Crippen LogP contribution in [0.3, 0.4) is 0 Å². The minimum absolute atomic E-state index is 0.794. The highest BCUT2D eigenvalue weighted by Gasteiger charge is 2.07. The van der Waals surface area contributed by atoms with Crippen LogP contribution in [0.25, 0.3) is 22.2 Å². The van der Waals surface area contributed by atoms with E-state index in [1.54, 1.807) is 6.20 Å². The van der Waals surface area contributed by atoms with E-state index in [2.05, 4.69) is 34.0 Å². The Morgan fingerprint density at radius 1 is 1.04 bits per heavy atom. The first kappa shape index (κ1) is 15.7. The predicted molar refractivity (Wildman–Crippen MR) is 96.3 cm³/mol. The molecule has 0 radical (unpaired) electrons. The van der Waals surface area contributed by atoms with Crippen molar-refractivity contribution in [1.29, 1.82) is 0 Å². The Bertz CT molecular complexity index is 754. The summed E-state index contributed by atoms with van der Waals surface area (Å²) in [5.74, 6) is 1.83. The molecule has 4 rings (SSSR count). The summed E-state index contributed by atoms with van der Waals surface area (Å²) in [6.45, 7) is 4.26. The molecule has 2 heterocycles. The molecular weight excluding hydrogens is 282 g/mol. The van der Waals surface area contributed by atoms with Gasteiger partial charge in [-0.05, 0) is 25.0 Å². The van der Waals surface area contributed by atoms with Crippen molar-refractivity contribution in [3.63, 3.8) is 0 Å². The number of nitrogens with zero attached hydrogens (tertiary/aromatic N) is 2. The van der Waals surface area contributed by atoms with Gasteiger partial charge in [0.25, 0.3) is 0 Å². The molecule has 3 heteroatoms. The number of hydrogen-bond donors (Lipinski definition) is 1. The summed E-state index contributed by atoms with van der Waals surface area (Å²) in [6.07, 6.45) is 11.2. The van der Waals surface area contributed by atoms with E-state index >= 15 is 0 Å². The van der Waals surface area contributed by atoms with Crippen molar-refractivity contribution < 1.29 is 0 Å². The number of rotatable bonds is 1. The fraction of sp³-hybridized carbons (Fsp3) is 0.400. The van der Waals surface area contributed by atoms with Crippen molar-refractivity contribution in [1.82, 2.24) is 15.0 Å². The largest absolute Gasteiger partial charge is 0.360 e. The molecule has 1 aliphatic rings. The highest BCUT2D eigenvalue weighted by molar-refractivity contribution is 5.94. The molecule has 0 amide bonds. The minimum atomic E-state index is 0.794. The molecule has 23 heavy (non-hydrogen) atoms. The first-order chi connectivity index (χ1) is 11.2. The Morgan fingerprint density at radius 2 is 1.83 bits per heavy atom. The van der Waals surface area contributed by atoms with Crippen molar-refractivity contribution in [2.75, 3.05) is 0 Å². The van der Waals surface area contributed by atoms with E-state index in [4.69, 9.17) is 0 Å². The molecule has 1 saturated carbocycles. The first-order valence-electron chi connectivity index (χ1n) is 8.60. The van der Waals surface area contributed by atoms with Gasteiger partial charge in [0.15, 0.2) is 0 Å². The van der Waals surface area contributed by atoms with Crippen LogP contribution in [0.1, 0.15) is 44.9 Å². The van der Waals surface area contributed by atoms with Gasteiger partial charge in [-0.2, -0.15) is 0 Å². The Hall–Kier alpha value is -2.16. The lowest BCUT2D eigenvalue weighted by Crippen LogP contribution is -1.99. The average molecular weight is 307 g/mol. The summed E-state index contributed by atoms with van der Waals surface area (Å²) in [5, 5.41) is 1.20. The third-order valence-corrected chi connectivity index (χ3v) is 4.54. The highest BCUT2D eigenvalue weighted by atomic mass is 14.9. The van der Waals surface area contributed by atoms with Crippen molar-refractivity contribution in [2.45, 2.75) is 46.0 Å². The van der Waals surface area contributed by atoms with Crippen LogP contribution < -0.4 is 0 Å². The van der Waals surface area contributed by atoms with Crippen molar-refractivity contribution >= 4 is 10.9 Å². The molecule has 1 aliphatic carbocycles. The third-order valence-electron chi connectivity index (χ3n) is 4.54. The average Bonchev–Trinajstić information content (AvgIpc) is 3.00. The van der Waals surface area contributed by atoms with Crippen LogP contribution in [0.5, 0.6) is 0 Å². The molecule has 0 spiro atoms. The quantitative estimate of drug-likeness (QED) is 0.643. The van der Waals surface area contributed by atoms with Gasteiger partial charge in [-0.1, -0.05) is 57.2 Å². The van der Waals surface area contributed by atoms with Gasteiger partial charge in [-0.3, -0.25) is 0 Å². The van der Waals surface area contributed by atoms with E-state index in [1.807, 2.05) is 31.3 Å². The molecule has 0 unspecified atom stereocenters. The highest BCUT2D eigenvalue weighted by Crippen LogP contribution is 2.26. The lowest BCUT2D eigenvalue weighted by atomic mass is 9.91. The summed E-state index contributed by atoms with van der Waals surface area (Å²) in [4.78, 5) is 11.8. The van der Waals surface area contributed by atoms with Gasteiger partial charge in [-0.25, -0.2) is 9.97 Å². The van der Waals surface area contributed by atoms with E-state index in [1.165, 1.54) is 37.5 Å². The number of hydrogen-bond acceptors (Lipinski definition) is 2. The fourth-order valence-corrected chi connectivity index (χ4v) is 3.20. The van der Waals surface area contributed by atoms with Crippen LogP contribution in [0.15, 0.2) is 42.7 Å². The Kier molecular flexibility index (Phi) is 5.06. The summed E-state index contributed by atoms with van der Waals surface area (Å²) in [5.41, 5.74) is 3.22. The normalized spacial score (nSPS) is 15.2. The van der Waals surface area contributed by atoms with Gasteiger partial charge >= 0.3 is 0 Å². The number of nitrogens with one attached hydrogen (secondary N) is 1. The van der Waals surface area contributed by atoms with Crippen molar-refractivity contribution in [2.24, 2.45) is 5.92 Å². The lowest BCUT2D eigenvalue weighted by molar-refractivity contribution is 0.385. The van der Waals surface area contributed by atoms with Crippen LogP contribution in [0.4, 0.5) is 0 Å². The molecule has 2 aromatic heterocycles. The Balaban J connectivity index is 0.000000188. The number of para-hydroxylation sites is 1. The van der Waals surface area contributed by atoms with E-state index in [0.29, 0.717) is 0 Å². The van der Waals surface area contributed by atoms with Crippen LogP contribution >= 0.6 is 0 Å². The molecule has 0 atom stereocenters. The Labute approximate surface area is 138 Å². The predicted octanol–water partition coefficient (Wildman–Crippen LogP) is 5.52. The second-order valence-corrected chi connectivity index (χ2v) is 6.48. The zero-order chi connectivity index (χ0) is 16.1. The maximum absolute atomic E-state index is 4.43. The zero-order valence-electron chi connectivity index (χ0n) is 14.0. The molecule has 1 fully saturated rings. The number of H-pyrrole nitrogens is 1. The van der Waals surface area contributed by atoms with E-state index < -0.39 is 0 Å². The fourth-order valence-electron chi connectivity index (χ4n) is 3.20. The standard InChI is InChI=1S/C13H11N3.C7H14/c1-9-14-7-6-13(16-9)11-8-15-12-5-3-2-4-10(11)12;1-7-5-3-2-4-6-7/h2-8,15H,1H3;7H,2-6H2,1H3. The summed E-state index contributed by atoms with van der Waals surface area (Å²) >= 11 is 0. The summed E-state index contributed by atoms with van der Waals surface area (Å²) in [7, 11) is 0. The summed E-state index contributed by atoms with van der Waals surface area (Å²) < 4.78 is 0. The van der Waals surface area contributed by atoms with Gasteiger partial charge in [0.1, 0.15) is 5.82 Å². The number of fused-ring (bicyclic) bond motifs is 1. The van der Waals surface area contributed by atoms with Gasteiger partial charge in [0.2, 0.25) is 0 Å². The third kappa shape index (κ3) is 3.98. The maximum Gasteiger partial charge on any atom is 0.125 e. The summed E-state index contributed by atoms with van der Waals surface area (Å²) in [6, 6.07) is 10.1. The number of aromatic amines is 1. The van der Waals surface area contributed by atoms with E-state index in [0.717, 1.165) is 28.5 Å². The molecule has 3 nitrogen and oxygen atoms in total. The van der Waals surface area contributed by atoms with Crippen molar-refractivity contribution in [3.8, 4) is 11.3 Å². The van der Waals surface area contributed by atoms with Gasteiger partial charge in [0, 0.05) is 28.9 Å². The van der Waals surface area contributed by atoms with Crippen LogP contribution in [-0.2, 0) is 0 Å². The number of aromatic nitrogens is 3. The van der Waals surface area contributed by atoms with E-state index in [9.17, 15) is 0 Å². The smallest absolute Gasteiger partial charge is 0.125 e. The molecule has 0 aliphatic heterocycles. The zero-order valence-corrected chi connectivity index (χ0v) is 14.0. The monoisotopic (exact) mass is 307 g/mol. The topological polar surface area (TPSA) is 41.6 Å². The van der Waals surface area contributed by atoms with Gasteiger partial charge < -0.3 is 4.98 Å². The molecule has 0 bridgehead atoms.